The van der Waals surface area contributed by atoms with Crippen LogP contribution in [0.2, 0.25) is 0 Å². The molecule has 26 heavy (non-hydrogen) atoms. The minimum Gasteiger partial charge on any atom is -0.342 e. The second-order valence-electron chi connectivity index (χ2n) is 7.05. The van der Waals surface area contributed by atoms with E-state index in [-0.39, 0.29) is 11.5 Å². The summed E-state index contributed by atoms with van der Waals surface area (Å²) >= 11 is 0. The molecular weight excluding hydrogens is 336 g/mol. The summed E-state index contributed by atoms with van der Waals surface area (Å²) in [5.74, 6) is -0.475. The van der Waals surface area contributed by atoms with Gasteiger partial charge in [-0.3, -0.25) is 9.89 Å². The van der Waals surface area contributed by atoms with Gasteiger partial charge in [-0.1, -0.05) is 6.07 Å². The Balaban J connectivity index is 1.45. The summed E-state index contributed by atoms with van der Waals surface area (Å²) in [6.07, 6.45) is 8.85. The number of halogens is 2. The van der Waals surface area contributed by atoms with Crippen molar-refractivity contribution in [2.24, 2.45) is 5.92 Å². The van der Waals surface area contributed by atoms with E-state index in [4.69, 9.17) is 0 Å². The van der Waals surface area contributed by atoms with Crippen LogP contribution in [0.3, 0.4) is 0 Å². The fraction of sp³-hybridized carbons (Fsp3) is 0.500. The Kier molecular flexibility index (Phi) is 6.36. The predicted molar refractivity (Wildman–Crippen MR) is 95.5 cm³/mol. The van der Waals surface area contributed by atoms with Gasteiger partial charge in [0.15, 0.2) is 0 Å². The SMILES string of the molecule is O=C(CCCc1cn[nH]c1)N1CCC[C@H](CCc2c(F)cccc2F)C1. The van der Waals surface area contributed by atoms with Crippen molar-refractivity contribution in [3.05, 3.63) is 53.4 Å². The van der Waals surface area contributed by atoms with Gasteiger partial charge in [0.25, 0.3) is 0 Å². The number of aryl methyl sites for hydroxylation is 1. The first-order chi connectivity index (χ1) is 12.6. The lowest BCUT2D eigenvalue weighted by Crippen LogP contribution is -2.40. The van der Waals surface area contributed by atoms with Gasteiger partial charge in [0, 0.05) is 31.3 Å². The maximum Gasteiger partial charge on any atom is 0.222 e. The Hall–Kier alpha value is -2.24. The van der Waals surface area contributed by atoms with Crippen LogP contribution in [0.1, 0.15) is 43.2 Å². The number of likely N-dealkylation sites (tertiary alicyclic amines) is 1. The van der Waals surface area contributed by atoms with Crippen LogP contribution >= 0.6 is 0 Å². The second kappa shape index (κ2) is 8.92. The molecule has 0 spiro atoms. The third-order valence-corrected chi connectivity index (χ3v) is 5.15. The molecule has 0 radical (unpaired) electrons. The number of carbonyl (C=O) groups excluding carboxylic acids is 1. The molecule has 0 aliphatic carbocycles. The third kappa shape index (κ3) is 4.90. The van der Waals surface area contributed by atoms with Gasteiger partial charge in [-0.05, 0) is 62.1 Å². The van der Waals surface area contributed by atoms with Crippen molar-refractivity contribution in [2.75, 3.05) is 13.1 Å². The van der Waals surface area contributed by atoms with Crippen LogP contribution in [0.4, 0.5) is 8.78 Å². The summed E-state index contributed by atoms with van der Waals surface area (Å²) in [5, 5.41) is 6.68. The van der Waals surface area contributed by atoms with E-state index >= 15 is 0 Å². The van der Waals surface area contributed by atoms with Crippen LogP contribution in [0, 0.1) is 17.6 Å². The molecule has 140 valence electrons. The minimum atomic E-state index is -0.479. The van der Waals surface area contributed by atoms with E-state index in [1.54, 1.807) is 6.20 Å². The molecule has 2 aromatic rings. The number of nitrogens with zero attached hydrogens (tertiary/aromatic N) is 2. The maximum atomic E-state index is 13.8. The number of carbonyl (C=O) groups is 1. The molecule has 2 heterocycles. The van der Waals surface area contributed by atoms with Gasteiger partial charge in [-0.25, -0.2) is 8.78 Å². The van der Waals surface area contributed by atoms with E-state index < -0.39 is 11.6 Å². The lowest BCUT2D eigenvalue weighted by Gasteiger charge is -2.33. The molecule has 1 aromatic carbocycles. The van der Waals surface area contributed by atoms with E-state index in [1.165, 1.54) is 18.2 Å². The largest absolute Gasteiger partial charge is 0.342 e. The van der Waals surface area contributed by atoms with Crippen molar-refractivity contribution in [3.8, 4) is 0 Å². The van der Waals surface area contributed by atoms with Gasteiger partial charge in [-0.15, -0.1) is 0 Å². The van der Waals surface area contributed by atoms with E-state index in [0.717, 1.165) is 37.8 Å². The zero-order chi connectivity index (χ0) is 18.4. The van der Waals surface area contributed by atoms with Crippen molar-refractivity contribution in [1.82, 2.24) is 15.1 Å². The van der Waals surface area contributed by atoms with E-state index in [1.807, 2.05) is 11.1 Å². The molecule has 0 saturated carbocycles. The maximum absolute atomic E-state index is 13.8. The highest BCUT2D eigenvalue weighted by Crippen LogP contribution is 2.24. The van der Waals surface area contributed by atoms with Gasteiger partial charge >= 0.3 is 0 Å². The molecule has 1 fully saturated rings. The molecule has 1 aliphatic heterocycles. The molecule has 0 bridgehead atoms. The number of aromatic nitrogens is 2. The molecule has 4 nitrogen and oxygen atoms in total. The molecule has 1 aromatic heterocycles. The summed E-state index contributed by atoms with van der Waals surface area (Å²) in [4.78, 5) is 14.4. The molecule has 1 saturated heterocycles. The first-order valence-corrected chi connectivity index (χ1v) is 9.32. The summed E-state index contributed by atoms with van der Waals surface area (Å²) < 4.78 is 27.5. The van der Waals surface area contributed by atoms with Crippen molar-refractivity contribution >= 4 is 5.91 Å². The summed E-state index contributed by atoms with van der Waals surface area (Å²) in [7, 11) is 0. The molecule has 1 aliphatic rings. The quantitative estimate of drug-likeness (QED) is 0.814. The molecular formula is C20H25F2N3O. The third-order valence-electron chi connectivity index (χ3n) is 5.15. The number of aromatic amines is 1. The lowest BCUT2D eigenvalue weighted by molar-refractivity contribution is -0.133. The van der Waals surface area contributed by atoms with E-state index in [2.05, 4.69) is 10.2 Å². The topological polar surface area (TPSA) is 49.0 Å². The first-order valence-electron chi connectivity index (χ1n) is 9.32. The van der Waals surface area contributed by atoms with Gasteiger partial charge < -0.3 is 4.90 Å². The standard InChI is InChI=1S/C20H25F2N3O/c21-18-6-2-7-19(22)17(18)10-9-15-5-3-11-25(14-15)20(26)8-1-4-16-12-23-24-13-16/h2,6-7,12-13,15H,1,3-5,8-11,14H2,(H,23,24)/t15-/m1/s1. The zero-order valence-corrected chi connectivity index (χ0v) is 14.9. The number of benzene rings is 1. The Morgan fingerprint density at radius 3 is 2.81 bits per heavy atom. The van der Waals surface area contributed by atoms with Gasteiger partial charge in [-0.2, -0.15) is 5.10 Å². The highest BCUT2D eigenvalue weighted by Gasteiger charge is 2.23. The Labute approximate surface area is 152 Å². The highest BCUT2D eigenvalue weighted by molar-refractivity contribution is 5.76. The minimum absolute atomic E-state index is 0.163. The van der Waals surface area contributed by atoms with Crippen molar-refractivity contribution in [2.45, 2.75) is 44.9 Å². The number of nitrogens with one attached hydrogen (secondary N) is 1. The zero-order valence-electron chi connectivity index (χ0n) is 14.9. The Bertz CT molecular complexity index is 698. The fourth-order valence-corrected chi connectivity index (χ4v) is 3.66. The van der Waals surface area contributed by atoms with Gasteiger partial charge in [0.1, 0.15) is 11.6 Å². The summed E-state index contributed by atoms with van der Waals surface area (Å²) in [5.41, 5.74) is 1.28. The number of hydrogen-bond acceptors (Lipinski definition) is 2. The smallest absolute Gasteiger partial charge is 0.222 e. The Morgan fingerprint density at radius 1 is 1.27 bits per heavy atom. The molecule has 0 unspecified atom stereocenters. The first kappa shape index (κ1) is 18.5. The second-order valence-corrected chi connectivity index (χ2v) is 7.05. The Morgan fingerprint density at radius 2 is 2.08 bits per heavy atom. The van der Waals surface area contributed by atoms with Gasteiger partial charge in [0.05, 0.1) is 6.20 Å². The van der Waals surface area contributed by atoms with E-state index in [0.29, 0.717) is 31.7 Å². The molecule has 1 amide bonds. The number of rotatable bonds is 7. The van der Waals surface area contributed by atoms with Crippen LogP contribution in [-0.2, 0) is 17.6 Å². The summed E-state index contributed by atoms with van der Waals surface area (Å²) in [6.45, 7) is 1.48. The van der Waals surface area contributed by atoms with E-state index in [9.17, 15) is 13.6 Å². The van der Waals surface area contributed by atoms with Crippen LogP contribution in [-0.4, -0.2) is 34.1 Å². The van der Waals surface area contributed by atoms with Crippen LogP contribution in [0.5, 0.6) is 0 Å². The predicted octanol–water partition coefficient (Wildman–Crippen LogP) is 3.88. The molecule has 1 N–H and O–H groups in total. The van der Waals surface area contributed by atoms with Crippen LogP contribution < -0.4 is 0 Å². The van der Waals surface area contributed by atoms with Crippen molar-refractivity contribution in [3.63, 3.8) is 0 Å². The number of amides is 1. The number of piperidine rings is 1. The number of hydrogen-bond donors (Lipinski definition) is 1. The fourth-order valence-electron chi connectivity index (χ4n) is 3.66. The average Bonchev–Trinajstić information content (AvgIpc) is 3.15. The average molecular weight is 361 g/mol. The molecule has 1 atom stereocenters. The monoisotopic (exact) mass is 361 g/mol. The highest BCUT2D eigenvalue weighted by atomic mass is 19.1. The molecule has 6 heteroatoms. The number of H-pyrrole nitrogens is 1. The lowest BCUT2D eigenvalue weighted by atomic mass is 9.91. The van der Waals surface area contributed by atoms with Crippen LogP contribution in [0.15, 0.2) is 30.6 Å². The summed E-state index contributed by atoms with van der Waals surface area (Å²) in [6, 6.07) is 3.99. The molecule has 3 rings (SSSR count). The van der Waals surface area contributed by atoms with Crippen LogP contribution in [0.25, 0.3) is 0 Å². The normalized spacial score (nSPS) is 17.5. The van der Waals surface area contributed by atoms with Crippen molar-refractivity contribution in [1.29, 1.82) is 0 Å². The van der Waals surface area contributed by atoms with Gasteiger partial charge in [0.2, 0.25) is 5.91 Å². The van der Waals surface area contributed by atoms with Crippen molar-refractivity contribution < 1.29 is 13.6 Å².